The lowest BCUT2D eigenvalue weighted by atomic mass is 10.1. The van der Waals surface area contributed by atoms with E-state index in [9.17, 15) is 9.59 Å². The predicted octanol–water partition coefficient (Wildman–Crippen LogP) is 4.34. The minimum Gasteiger partial charge on any atom is -0.345 e. The number of nitrogens with zero attached hydrogens (tertiary/aromatic N) is 3. The fraction of sp³-hybridized carbons (Fsp3) is 0.273. The lowest BCUT2D eigenvalue weighted by Crippen LogP contribution is -2.25. The van der Waals surface area contributed by atoms with Crippen molar-refractivity contribution >= 4 is 45.2 Å². The van der Waals surface area contributed by atoms with E-state index in [2.05, 4.69) is 36.8 Å². The monoisotopic (exact) mass is 501 g/mol. The average Bonchev–Trinajstić information content (AvgIpc) is 3.15. The molecule has 2 N–H and O–H groups in total. The molecule has 0 unspecified atom stereocenters. The summed E-state index contributed by atoms with van der Waals surface area (Å²) in [7, 11) is 0. The Hall–Kier alpha value is -2.65. The second-order valence-corrected chi connectivity index (χ2v) is 8.79. The SMILES string of the molecule is CCn1c(CNC(=O)c2cccc(C)c2)nnc1SCC(=O)Nc1ccc(Br)c(C)c1. The maximum atomic E-state index is 12.4. The molecule has 0 aliphatic rings. The topological polar surface area (TPSA) is 88.9 Å². The number of nitrogens with one attached hydrogen (secondary N) is 2. The number of hydrogen-bond acceptors (Lipinski definition) is 5. The Morgan fingerprint density at radius 3 is 2.65 bits per heavy atom. The molecule has 0 saturated heterocycles. The van der Waals surface area contributed by atoms with E-state index in [4.69, 9.17) is 0 Å². The lowest BCUT2D eigenvalue weighted by molar-refractivity contribution is -0.113. The van der Waals surface area contributed by atoms with Crippen LogP contribution >= 0.6 is 27.7 Å². The van der Waals surface area contributed by atoms with Crippen molar-refractivity contribution in [2.45, 2.75) is 39.0 Å². The predicted molar refractivity (Wildman–Crippen MR) is 126 cm³/mol. The average molecular weight is 502 g/mol. The Labute approximate surface area is 194 Å². The van der Waals surface area contributed by atoms with Crippen LogP contribution in [0.15, 0.2) is 52.1 Å². The van der Waals surface area contributed by atoms with Gasteiger partial charge in [0.1, 0.15) is 0 Å². The summed E-state index contributed by atoms with van der Waals surface area (Å²) in [6, 6.07) is 13.1. The van der Waals surface area contributed by atoms with Crippen LogP contribution < -0.4 is 10.6 Å². The summed E-state index contributed by atoms with van der Waals surface area (Å²) >= 11 is 4.77. The number of carbonyl (C=O) groups excluding carboxylic acids is 2. The van der Waals surface area contributed by atoms with E-state index in [1.165, 1.54) is 11.8 Å². The molecule has 1 aromatic heterocycles. The van der Waals surface area contributed by atoms with Crippen molar-refractivity contribution in [2.24, 2.45) is 0 Å². The van der Waals surface area contributed by atoms with Gasteiger partial charge in [-0.15, -0.1) is 10.2 Å². The summed E-state index contributed by atoms with van der Waals surface area (Å²) in [6.07, 6.45) is 0. The fourth-order valence-electron chi connectivity index (χ4n) is 2.97. The Balaban J connectivity index is 1.57. The molecule has 7 nitrogen and oxygen atoms in total. The van der Waals surface area contributed by atoms with Crippen LogP contribution in [0.2, 0.25) is 0 Å². The third-order valence-electron chi connectivity index (χ3n) is 4.57. The summed E-state index contributed by atoms with van der Waals surface area (Å²) in [5.74, 6) is 0.581. The minimum absolute atomic E-state index is 0.119. The second-order valence-electron chi connectivity index (χ2n) is 7.00. The number of aromatic nitrogens is 3. The Morgan fingerprint density at radius 1 is 1.13 bits per heavy atom. The van der Waals surface area contributed by atoms with Gasteiger partial charge in [0, 0.05) is 22.3 Å². The maximum absolute atomic E-state index is 12.4. The van der Waals surface area contributed by atoms with Crippen LogP contribution in [0.25, 0.3) is 0 Å². The molecule has 3 aromatic rings. The van der Waals surface area contributed by atoms with Crippen molar-refractivity contribution in [3.05, 3.63) is 69.5 Å². The number of benzene rings is 2. The molecule has 0 radical (unpaired) electrons. The van der Waals surface area contributed by atoms with Crippen molar-refractivity contribution in [3.63, 3.8) is 0 Å². The highest BCUT2D eigenvalue weighted by molar-refractivity contribution is 9.10. The van der Waals surface area contributed by atoms with Crippen LogP contribution in [-0.4, -0.2) is 32.3 Å². The first kappa shape index (κ1) is 23.0. The van der Waals surface area contributed by atoms with Gasteiger partial charge in [0.05, 0.1) is 12.3 Å². The molecule has 2 amide bonds. The van der Waals surface area contributed by atoms with E-state index in [1.807, 2.05) is 61.7 Å². The minimum atomic E-state index is -0.160. The first-order valence-corrected chi connectivity index (χ1v) is 11.6. The van der Waals surface area contributed by atoms with Crippen molar-refractivity contribution in [2.75, 3.05) is 11.1 Å². The standard InChI is InChI=1S/C22H24BrN5O2S/c1-4-28-19(12-24-21(30)16-7-5-6-14(2)10-16)26-27-22(28)31-13-20(29)25-17-8-9-18(23)15(3)11-17/h5-11H,4,12-13H2,1-3H3,(H,24,30)(H,25,29). The number of halogens is 1. The largest absolute Gasteiger partial charge is 0.345 e. The Morgan fingerprint density at radius 2 is 1.94 bits per heavy atom. The molecule has 0 spiro atoms. The molecular formula is C22H24BrN5O2S. The van der Waals surface area contributed by atoms with Crippen LogP contribution in [0, 0.1) is 13.8 Å². The number of thioether (sulfide) groups is 1. The van der Waals surface area contributed by atoms with E-state index in [-0.39, 0.29) is 24.1 Å². The van der Waals surface area contributed by atoms with Crippen molar-refractivity contribution in [1.82, 2.24) is 20.1 Å². The lowest BCUT2D eigenvalue weighted by Gasteiger charge is -2.09. The van der Waals surface area contributed by atoms with Gasteiger partial charge < -0.3 is 15.2 Å². The van der Waals surface area contributed by atoms with Gasteiger partial charge in [-0.25, -0.2) is 0 Å². The molecule has 0 aliphatic carbocycles. The van der Waals surface area contributed by atoms with Crippen LogP contribution in [0.5, 0.6) is 0 Å². The molecule has 0 fully saturated rings. The van der Waals surface area contributed by atoms with Gasteiger partial charge in [-0.1, -0.05) is 45.4 Å². The molecular weight excluding hydrogens is 478 g/mol. The second kappa shape index (κ2) is 10.6. The summed E-state index contributed by atoms with van der Waals surface area (Å²) in [5, 5.41) is 14.8. The van der Waals surface area contributed by atoms with Gasteiger partial charge in [-0.05, 0) is 56.7 Å². The summed E-state index contributed by atoms with van der Waals surface area (Å²) in [6.45, 7) is 6.79. The smallest absolute Gasteiger partial charge is 0.251 e. The summed E-state index contributed by atoms with van der Waals surface area (Å²) in [4.78, 5) is 24.7. The zero-order valence-electron chi connectivity index (χ0n) is 17.6. The number of anilines is 1. The number of amides is 2. The fourth-order valence-corrected chi connectivity index (χ4v) is 4.04. The maximum Gasteiger partial charge on any atom is 0.251 e. The van der Waals surface area contributed by atoms with Crippen LogP contribution in [0.3, 0.4) is 0 Å². The van der Waals surface area contributed by atoms with Gasteiger partial charge >= 0.3 is 0 Å². The van der Waals surface area contributed by atoms with E-state index in [1.54, 1.807) is 6.07 Å². The first-order valence-electron chi connectivity index (χ1n) is 9.83. The van der Waals surface area contributed by atoms with Crippen LogP contribution in [0.4, 0.5) is 5.69 Å². The molecule has 0 atom stereocenters. The number of carbonyl (C=O) groups is 2. The molecule has 0 saturated carbocycles. The van der Waals surface area contributed by atoms with E-state index < -0.39 is 0 Å². The van der Waals surface area contributed by atoms with Crippen molar-refractivity contribution in [1.29, 1.82) is 0 Å². The quantitative estimate of drug-likeness (QED) is 0.448. The Bertz CT molecular complexity index is 1100. The number of hydrogen-bond donors (Lipinski definition) is 2. The molecule has 162 valence electrons. The van der Waals surface area contributed by atoms with Gasteiger partial charge in [0.2, 0.25) is 5.91 Å². The third-order valence-corrected chi connectivity index (χ3v) is 6.43. The van der Waals surface area contributed by atoms with Gasteiger partial charge in [-0.2, -0.15) is 0 Å². The van der Waals surface area contributed by atoms with E-state index >= 15 is 0 Å². The van der Waals surface area contributed by atoms with Gasteiger partial charge in [0.15, 0.2) is 11.0 Å². The molecule has 31 heavy (non-hydrogen) atoms. The Kier molecular flexibility index (Phi) is 7.86. The molecule has 1 heterocycles. The van der Waals surface area contributed by atoms with Crippen molar-refractivity contribution < 1.29 is 9.59 Å². The highest BCUT2D eigenvalue weighted by atomic mass is 79.9. The van der Waals surface area contributed by atoms with Crippen LogP contribution in [0.1, 0.15) is 34.2 Å². The zero-order valence-corrected chi connectivity index (χ0v) is 20.0. The number of aryl methyl sites for hydroxylation is 2. The zero-order chi connectivity index (χ0) is 22.4. The van der Waals surface area contributed by atoms with E-state index in [0.717, 1.165) is 21.3 Å². The van der Waals surface area contributed by atoms with Crippen LogP contribution in [-0.2, 0) is 17.9 Å². The van der Waals surface area contributed by atoms with Gasteiger partial charge in [-0.3, -0.25) is 9.59 Å². The first-order chi connectivity index (χ1) is 14.9. The normalized spacial score (nSPS) is 10.7. The van der Waals surface area contributed by atoms with Gasteiger partial charge in [0.25, 0.3) is 5.91 Å². The number of rotatable bonds is 8. The van der Waals surface area contributed by atoms with Crippen molar-refractivity contribution in [3.8, 4) is 0 Å². The molecule has 0 bridgehead atoms. The third kappa shape index (κ3) is 6.18. The van der Waals surface area contributed by atoms with E-state index in [0.29, 0.717) is 23.1 Å². The molecule has 9 heteroatoms. The highest BCUT2D eigenvalue weighted by Gasteiger charge is 2.15. The molecule has 3 rings (SSSR count). The summed E-state index contributed by atoms with van der Waals surface area (Å²) in [5.41, 5.74) is 3.44. The molecule has 2 aromatic carbocycles. The highest BCUT2D eigenvalue weighted by Crippen LogP contribution is 2.21. The molecule has 0 aliphatic heterocycles. The summed E-state index contributed by atoms with van der Waals surface area (Å²) < 4.78 is 2.90.